The number of hydrogen-bond donors (Lipinski definition) is 1. The first-order valence-electron chi connectivity index (χ1n) is 10.6. The maximum atomic E-state index is 13.2. The number of thiophene rings is 1. The van der Waals surface area contributed by atoms with E-state index >= 15 is 0 Å². The summed E-state index contributed by atoms with van der Waals surface area (Å²) < 4.78 is 18.7. The van der Waals surface area contributed by atoms with Crippen molar-refractivity contribution in [2.24, 2.45) is 5.16 Å². The molecule has 2 aliphatic rings. The van der Waals surface area contributed by atoms with Gasteiger partial charge in [-0.15, -0.1) is 11.3 Å². The highest BCUT2D eigenvalue weighted by Crippen LogP contribution is 2.39. The summed E-state index contributed by atoms with van der Waals surface area (Å²) in [6, 6.07) is 5.90. The van der Waals surface area contributed by atoms with Crippen LogP contribution in [0.5, 0.6) is 0 Å². The zero-order chi connectivity index (χ0) is 22.0. The number of amides is 1. The van der Waals surface area contributed by atoms with Gasteiger partial charge < -0.3 is 14.9 Å². The Morgan fingerprint density at radius 1 is 1.29 bits per heavy atom. The molecule has 2 unspecified atom stereocenters. The normalized spacial score (nSPS) is 18.5. The first-order valence-corrected chi connectivity index (χ1v) is 11.4. The second-order valence-electron chi connectivity index (χ2n) is 7.87. The molecule has 0 saturated heterocycles. The van der Waals surface area contributed by atoms with Crippen molar-refractivity contribution in [2.45, 2.75) is 64.6 Å². The maximum Gasteiger partial charge on any atom is 0.341 e. The highest BCUT2D eigenvalue weighted by Gasteiger charge is 2.33. The molecule has 2 atom stereocenters. The Balaban J connectivity index is 1.50. The van der Waals surface area contributed by atoms with Crippen LogP contribution >= 0.6 is 11.3 Å². The van der Waals surface area contributed by atoms with Crippen molar-refractivity contribution in [2.75, 3.05) is 5.32 Å². The SMILES string of the molecule is CCC(C)OC(=O)c1c(NC(=O)C2CC(c3ccc(F)cc3)=NO2)sc2c1CCCC2. The molecule has 2 heterocycles. The fourth-order valence-corrected chi connectivity index (χ4v) is 5.00. The second-order valence-corrected chi connectivity index (χ2v) is 8.98. The molecule has 0 radical (unpaired) electrons. The Morgan fingerprint density at radius 2 is 2.03 bits per heavy atom. The van der Waals surface area contributed by atoms with Gasteiger partial charge >= 0.3 is 5.97 Å². The first kappa shape index (κ1) is 21.5. The third-order valence-corrected chi connectivity index (χ3v) is 6.84. The van der Waals surface area contributed by atoms with Crippen molar-refractivity contribution in [1.82, 2.24) is 0 Å². The molecule has 0 saturated carbocycles. The Hall–Kier alpha value is -2.74. The number of nitrogens with one attached hydrogen (secondary N) is 1. The van der Waals surface area contributed by atoms with E-state index in [0.29, 0.717) is 21.8 Å². The number of carbonyl (C=O) groups is 2. The van der Waals surface area contributed by atoms with Crippen LogP contribution in [0, 0.1) is 5.82 Å². The molecule has 31 heavy (non-hydrogen) atoms. The predicted molar refractivity (Wildman–Crippen MR) is 117 cm³/mol. The number of nitrogens with zero attached hydrogens (tertiary/aromatic N) is 1. The van der Waals surface area contributed by atoms with E-state index in [-0.39, 0.29) is 30.2 Å². The largest absolute Gasteiger partial charge is 0.459 e. The van der Waals surface area contributed by atoms with Crippen molar-refractivity contribution in [3.8, 4) is 0 Å². The van der Waals surface area contributed by atoms with E-state index in [1.165, 1.54) is 23.5 Å². The molecular weight excluding hydrogens is 419 g/mol. The van der Waals surface area contributed by atoms with Crippen LogP contribution in [0.2, 0.25) is 0 Å². The molecule has 1 aliphatic carbocycles. The number of carbonyl (C=O) groups excluding carboxylic acids is 2. The number of oxime groups is 1. The molecule has 1 amide bonds. The summed E-state index contributed by atoms with van der Waals surface area (Å²) in [5.41, 5.74) is 2.77. The summed E-state index contributed by atoms with van der Waals surface area (Å²) in [6.45, 7) is 3.81. The summed E-state index contributed by atoms with van der Waals surface area (Å²) in [5, 5.41) is 7.40. The van der Waals surface area contributed by atoms with Crippen LogP contribution in [0.3, 0.4) is 0 Å². The third-order valence-electron chi connectivity index (χ3n) is 5.63. The van der Waals surface area contributed by atoms with Gasteiger partial charge in [0.25, 0.3) is 5.91 Å². The standard InChI is InChI=1S/C23H25FN2O4S/c1-3-13(2)29-23(28)20-16-6-4-5-7-19(16)31-22(20)25-21(27)18-12-17(26-30-18)14-8-10-15(24)11-9-14/h8-11,13,18H,3-7,12H2,1-2H3,(H,25,27). The van der Waals surface area contributed by atoms with Gasteiger partial charge in [-0.3, -0.25) is 4.79 Å². The van der Waals surface area contributed by atoms with Crippen LogP contribution in [-0.2, 0) is 27.2 Å². The average Bonchev–Trinajstić information content (AvgIpc) is 3.39. The Kier molecular flexibility index (Phi) is 6.36. The number of benzene rings is 1. The Morgan fingerprint density at radius 3 is 2.77 bits per heavy atom. The summed E-state index contributed by atoms with van der Waals surface area (Å²) in [4.78, 5) is 32.3. The van der Waals surface area contributed by atoms with E-state index in [0.717, 1.165) is 42.5 Å². The fraction of sp³-hybridized carbons (Fsp3) is 0.435. The minimum atomic E-state index is -0.808. The van der Waals surface area contributed by atoms with Crippen LogP contribution in [0.4, 0.5) is 9.39 Å². The number of aryl methyl sites for hydroxylation is 1. The van der Waals surface area contributed by atoms with Crippen molar-refractivity contribution in [3.63, 3.8) is 0 Å². The third kappa shape index (κ3) is 4.63. The zero-order valence-electron chi connectivity index (χ0n) is 17.6. The van der Waals surface area contributed by atoms with Gasteiger partial charge in [-0.2, -0.15) is 0 Å². The number of hydrogen-bond acceptors (Lipinski definition) is 6. The van der Waals surface area contributed by atoms with E-state index in [9.17, 15) is 14.0 Å². The van der Waals surface area contributed by atoms with Gasteiger partial charge in [0.15, 0.2) is 0 Å². The van der Waals surface area contributed by atoms with E-state index in [2.05, 4.69) is 10.5 Å². The molecule has 1 aromatic heterocycles. The number of halogens is 1. The van der Waals surface area contributed by atoms with Gasteiger partial charge in [0, 0.05) is 11.3 Å². The molecule has 1 N–H and O–H groups in total. The lowest BCUT2D eigenvalue weighted by atomic mass is 9.95. The van der Waals surface area contributed by atoms with Crippen molar-refractivity contribution in [3.05, 3.63) is 51.7 Å². The van der Waals surface area contributed by atoms with Gasteiger partial charge in [0.1, 0.15) is 10.8 Å². The smallest absolute Gasteiger partial charge is 0.341 e. The first-order chi connectivity index (χ1) is 15.0. The molecule has 1 aliphatic heterocycles. The Labute approximate surface area is 184 Å². The highest BCUT2D eigenvalue weighted by atomic mass is 32.1. The molecular formula is C23H25FN2O4S. The van der Waals surface area contributed by atoms with Gasteiger partial charge in [-0.25, -0.2) is 9.18 Å². The van der Waals surface area contributed by atoms with E-state index < -0.39 is 6.10 Å². The highest BCUT2D eigenvalue weighted by molar-refractivity contribution is 7.17. The molecule has 164 valence electrons. The number of rotatable bonds is 6. The van der Waals surface area contributed by atoms with Crippen LogP contribution in [-0.4, -0.2) is 29.8 Å². The van der Waals surface area contributed by atoms with Crippen LogP contribution < -0.4 is 5.32 Å². The van der Waals surface area contributed by atoms with E-state index in [1.54, 1.807) is 12.1 Å². The van der Waals surface area contributed by atoms with E-state index in [4.69, 9.17) is 9.57 Å². The van der Waals surface area contributed by atoms with Gasteiger partial charge in [-0.1, -0.05) is 24.2 Å². The minimum absolute atomic E-state index is 0.194. The minimum Gasteiger partial charge on any atom is -0.459 e. The van der Waals surface area contributed by atoms with Crippen molar-refractivity contribution in [1.29, 1.82) is 0 Å². The van der Waals surface area contributed by atoms with Gasteiger partial charge in [0.2, 0.25) is 6.10 Å². The lowest BCUT2D eigenvalue weighted by molar-refractivity contribution is -0.125. The molecule has 8 heteroatoms. The monoisotopic (exact) mass is 444 g/mol. The molecule has 2 aromatic rings. The summed E-state index contributed by atoms with van der Waals surface area (Å²) in [5.74, 6) is -1.09. The molecule has 1 aromatic carbocycles. The molecule has 0 spiro atoms. The quantitative estimate of drug-likeness (QED) is 0.646. The lowest BCUT2D eigenvalue weighted by Gasteiger charge is -2.15. The molecule has 0 bridgehead atoms. The van der Waals surface area contributed by atoms with Crippen LogP contribution in [0.1, 0.15) is 65.9 Å². The lowest BCUT2D eigenvalue weighted by Crippen LogP contribution is -2.28. The topological polar surface area (TPSA) is 77.0 Å². The average molecular weight is 445 g/mol. The number of fused-ring (bicyclic) bond motifs is 1. The summed E-state index contributed by atoms with van der Waals surface area (Å²) in [7, 11) is 0. The Bertz CT molecular complexity index is 1020. The van der Waals surface area contributed by atoms with Crippen LogP contribution in [0.25, 0.3) is 0 Å². The number of esters is 1. The van der Waals surface area contributed by atoms with Gasteiger partial charge in [0.05, 0.1) is 17.4 Å². The number of ether oxygens (including phenoxy) is 1. The summed E-state index contributed by atoms with van der Waals surface area (Å²) in [6.07, 6.45) is 3.79. The molecule has 4 rings (SSSR count). The van der Waals surface area contributed by atoms with Crippen molar-refractivity contribution < 1.29 is 23.6 Å². The maximum absolute atomic E-state index is 13.2. The predicted octanol–water partition coefficient (Wildman–Crippen LogP) is 4.85. The second kappa shape index (κ2) is 9.18. The van der Waals surface area contributed by atoms with E-state index in [1.807, 2.05) is 13.8 Å². The van der Waals surface area contributed by atoms with Crippen LogP contribution in [0.15, 0.2) is 29.4 Å². The summed E-state index contributed by atoms with van der Waals surface area (Å²) >= 11 is 1.44. The zero-order valence-corrected chi connectivity index (χ0v) is 18.4. The van der Waals surface area contributed by atoms with Gasteiger partial charge in [-0.05, 0) is 62.3 Å². The number of anilines is 1. The van der Waals surface area contributed by atoms with Crippen molar-refractivity contribution >= 4 is 33.9 Å². The fourth-order valence-electron chi connectivity index (χ4n) is 3.72. The molecule has 6 nitrogen and oxygen atoms in total. The molecule has 0 fully saturated rings.